The first-order valence-corrected chi connectivity index (χ1v) is 7.59. The van der Waals surface area contributed by atoms with Crippen LogP contribution in [0.3, 0.4) is 0 Å². The fourth-order valence-corrected chi connectivity index (χ4v) is 3.23. The molecule has 106 valence electrons. The Morgan fingerprint density at radius 3 is 2.37 bits per heavy atom. The molecule has 1 heterocycles. The Labute approximate surface area is 114 Å². The second-order valence-corrected chi connectivity index (χ2v) is 6.13. The van der Waals surface area contributed by atoms with E-state index in [2.05, 4.69) is 10.6 Å². The molecule has 1 aliphatic heterocycles. The molecule has 0 aromatic heterocycles. The second kappa shape index (κ2) is 5.39. The molecule has 3 amide bonds. The third kappa shape index (κ3) is 3.19. The summed E-state index contributed by atoms with van der Waals surface area (Å²) in [4.78, 5) is 25.6. The molecule has 0 spiro atoms. The smallest absolute Gasteiger partial charge is 0.315 e. The second-order valence-electron chi connectivity index (χ2n) is 6.13. The number of rotatable bonds is 3. The first-order chi connectivity index (χ1) is 9.22. The zero-order valence-corrected chi connectivity index (χ0v) is 11.4. The standard InChI is InChI=1S/C14H23N3O2/c18-13-8-11(9-17(13)12-6-7-12)16-14(19)15-10-4-2-1-3-5-10/h10-12H,1-9H2,(H2,15,16,19). The summed E-state index contributed by atoms with van der Waals surface area (Å²) in [5.41, 5.74) is 0. The first kappa shape index (κ1) is 12.8. The topological polar surface area (TPSA) is 61.4 Å². The minimum atomic E-state index is -0.0950. The van der Waals surface area contributed by atoms with Gasteiger partial charge in [0.25, 0.3) is 0 Å². The van der Waals surface area contributed by atoms with Crippen LogP contribution in [0.15, 0.2) is 0 Å². The molecule has 1 atom stereocenters. The maximum Gasteiger partial charge on any atom is 0.315 e. The highest BCUT2D eigenvalue weighted by Gasteiger charge is 2.39. The molecule has 3 rings (SSSR count). The SMILES string of the molecule is O=C(NC1CCCCC1)NC1CC(=O)N(C2CC2)C1. The Kier molecular flexibility index (Phi) is 3.62. The van der Waals surface area contributed by atoms with Crippen LogP contribution < -0.4 is 10.6 Å². The fourth-order valence-electron chi connectivity index (χ4n) is 3.23. The van der Waals surface area contributed by atoms with E-state index in [9.17, 15) is 9.59 Å². The van der Waals surface area contributed by atoms with Gasteiger partial charge < -0.3 is 15.5 Å². The van der Waals surface area contributed by atoms with Crippen molar-refractivity contribution in [1.29, 1.82) is 0 Å². The molecule has 1 unspecified atom stereocenters. The van der Waals surface area contributed by atoms with E-state index < -0.39 is 0 Å². The molecular weight excluding hydrogens is 242 g/mol. The van der Waals surface area contributed by atoms with Gasteiger partial charge in [0, 0.05) is 25.0 Å². The highest BCUT2D eigenvalue weighted by atomic mass is 16.2. The van der Waals surface area contributed by atoms with E-state index in [0.29, 0.717) is 25.0 Å². The summed E-state index contributed by atoms with van der Waals surface area (Å²) in [5.74, 6) is 0.200. The van der Waals surface area contributed by atoms with Crippen molar-refractivity contribution in [2.45, 2.75) is 69.5 Å². The molecule has 2 aliphatic carbocycles. The molecule has 3 aliphatic rings. The molecule has 3 fully saturated rings. The Bertz CT molecular complexity index is 362. The van der Waals surface area contributed by atoms with Crippen molar-refractivity contribution in [2.24, 2.45) is 0 Å². The molecule has 2 saturated carbocycles. The zero-order chi connectivity index (χ0) is 13.2. The minimum Gasteiger partial charge on any atom is -0.338 e. The zero-order valence-electron chi connectivity index (χ0n) is 11.4. The molecule has 0 aromatic carbocycles. The lowest BCUT2D eigenvalue weighted by atomic mass is 9.96. The summed E-state index contributed by atoms with van der Waals surface area (Å²) in [5, 5.41) is 6.00. The number of urea groups is 1. The molecule has 5 heteroatoms. The van der Waals surface area contributed by atoms with Crippen LogP contribution in [0, 0.1) is 0 Å². The van der Waals surface area contributed by atoms with Crippen molar-refractivity contribution >= 4 is 11.9 Å². The van der Waals surface area contributed by atoms with Gasteiger partial charge in [0.15, 0.2) is 0 Å². The van der Waals surface area contributed by atoms with Gasteiger partial charge in [-0.2, -0.15) is 0 Å². The van der Waals surface area contributed by atoms with Gasteiger partial charge in [-0.25, -0.2) is 4.79 Å². The van der Waals surface area contributed by atoms with Gasteiger partial charge in [-0.1, -0.05) is 19.3 Å². The third-order valence-electron chi connectivity index (χ3n) is 4.42. The van der Waals surface area contributed by atoms with Crippen LogP contribution in [0.5, 0.6) is 0 Å². The van der Waals surface area contributed by atoms with Crippen LogP contribution in [0.4, 0.5) is 4.79 Å². The quantitative estimate of drug-likeness (QED) is 0.810. The summed E-state index contributed by atoms with van der Waals surface area (Å²) in [6.45, 7) is 0.696. The largest absolute Gasteiger partial charge is 0.338 e. The Morgan fingerprint density at radius 1 is 1.00 bits per heavy atom. The number of likely N-dealkylation sites (tertiary alicyclic amines) is 1. The van der Waals surface area contributed by atoms with Gasteiger partial charge in [0.05, 0.1) is 6.04 Å². The van der Waals surface area contributed by atoms with E-state index >= 15 is 0 Å². The normalized spacial score (nSPS) is 28.5. The maximum absolute atomic E-state index is 11.9. The number of carbonyl (C=O) groups is 2. The monoisotopic (exact) mass is 265 g/mol. The van der Waals surface area contributed by atoms with Crippen molar-refractivity contribution in [1.82, 2.24) is 15.5 Å². The highest BCUT2D eigenvalue weighted by molar-refractivity contribution is 5.82. The molecule has 0 bridgehead atoms. The molecule has 0 aromatic rings. The number of carbonyl (C=O) groups excluding carboxylic acids is 2. The van der Waals surface area contributed by atoms with E-state index in [1.165, 1.54) is 19.3 Å². The van der Waals surface area contributed by atoms with Crippen LogP contribution in [0.1, 0.15) is 51.4 Å². The predicted octanol–water partition coefficient (Wildman–Crippen LogP) is 1.38. The van der Waals surface area contributed by atoms with E-state index in [-0.39, 0.29) is 18.0 Å². The summed E-state index contributed by atoms with van der Waals surface area (Å²) in [7, 11) is 0. The van der Waals surface area contributed by atoms with E-state index in [4.69, 9.17) is 0 Å². The molecule has 0 radical (unpaired) electrons. The van der Waals surface area contributed by atoms with Crippen molar-refractivity contribution in [3.63, 3.8) is 0 Å². The molecule has 2 N–H and O–H groups in total. The van der Waals surface area contributed by atoms with Gasteiger partial charge in [0.1, 0.15) is 0 Å². The van der Waals surface area contributed by atoms with Crippen LogP contribution in [0.2, 0.25) is 0 Å². The Morgan fingerprint density at radius 2 is 1.68 bits per heavy atom. The summed E-state index contributed by atoms with van der Waals surface area (Å²) in [6, 6.07) is 0.685. The van der Waals surface area contributed by atoms with Gasteiger partial charge >= 0.3 is 6.03 Å². The number of amides is 3. The maximum atomic E-state index is 11.9. The van der Waals surface area contributed by atoms with Crippen LogP contribution >= 0.6 is 0 Å². The molecular formula is C14H23N3O2. The molecule has 19 heavy (non-hydrogen) atoms. The predicted molar refractivity (Wildman–Crippen MR) is 71.7 cm³/mol. The summed E-state index contributed by atoms with van der Waals surface area (Å²) < 4.78 is 0. The van der Waals surface area contributed by atoms with E-state index in [1.54, 1.807) is 0 Å². The van der Waals surface area contributed by atoms with Crippen molar-refractivity contribution in [3.05, 3.63) is 0 Å². The fraction of sp³-hybridized carbons (Fsp3) is 0.857. The average Bonchev–Trinajstić information content (AvgIpc) is 3.15. The number of nitrogens with one attached hydrogen (secondary N) is 2. The molecule has 1 saturated heterocycles. The van der Waals surface area contributed by atoms with Crippen LogP contribution in [0.25, 0.3) is 0 Å². The average molecular weight is 265 g/mol. The Hall–Kier alpha value is -1.26. The van der Waals surface area contributed by atoms with Crippen LogP contribution in [-0.2, 0) is 4.79 Å². The van der Waals surface area contributed by atoms with Gasteiger partial charge in [-0.15, -0.1) is 0 Å². The van der Waals surface area contributed by atoms with Gasteiger partial charge in [0.2, 0.25) is 5.91 Å². The first-order valence-electron chi connectivity index (χ1n) is 7.59. The summed E-state index contributed by atoms with van der Waals surface area (Å²) >= 11 is 0. The number of hydrogen-bond acceptors (Lipinski definition) is 2. The Balaban J connectivity index is 1.43. The van der Waals surface area contributed by atoms with Gasteiger partial charge in [-0.3, -0.25) is 4.79 Å². The third-order valence-corrected chi connectivity index (χ3v) is 4.42. The lowest BCUT2D eigenvalue weighted by molar-refractivity contribution is -0.128. The lowest BCUT2D eigenvalue weighted by Gasteiger charge is -2.24. The number of nitrogens with zero attached hydrogens (tertiary/aromatic N) is 1. The lowest BCUT2D eigenvalue weighted by Crippen LogP contribution is -2.47. The van der Waals surface area contributed by atoms with E-state index in [1.807, 2.05) is 4.90 Å². The molecule has 5 nitrogen and oxygen atoms in total. The van der Waals surface area contributed by atoms with E-state index in [0.717, 1.165) is 25.7 Å². The van der Waals surface area contributed by atoms with Crippen molar-refractivity contribution in [3.8, 4) is 0 Å². The van der Waals surface area contributed by atoms with Gasteiger partial charge in [-0.05, 0) is 25.7 Å². The van der Waals surface area contributed by atoms with Crippen LogP contribution in [-0.4, -0.2) is 41.5 Å². The minimum absolute atomic E-state index is 0.00306. The highest BCUT2D eigenvalue weighted by Crippen LogP contribution is 2.30. The van der Waals surface area contributed by atoms with Crippen molar-refractivity contribution in [2.75, 3.05) is 6.54 Å². The van der Waals surface area contributed by atoms with Crippen molar-refractivity contribution < 1.29 is 9.59 Å². The summed E-state index contributed by atoms with van der Waals surface area (Å²) in [6.07, 6.45) is 8.61. The number of hydrogen-bond donors (Lipinski definition) is 2.